The Hall–Kier alpha value is -2.90. The van der Waals surface area contributed by atoms with E-state index in [0.29, 0.717) is 28.2 Å². The molecule has 160 valence electrons. The number of nitrogens with one attached hydrogen (secondary N) is 1. The topological polar surface area (TPSA) is 71.0 Å². The Morgan fingerprint density at radius 3 is 2.55 bits per heavy atom. The molecule has 2 aromatic heterocycles. The number of carbonyl (C=O) groups is 1. The van der Waals surface area contributed by atoms with Crippen molar-refractivity contribution in [2.45, 2.75) is 25.5 Å². The summed E-state index contributed by atoms with van der Waals surface area (Å²) in [6.07, 6.45) is 1.76. The first-order valence-corrected chi connectivity index (χ1v) is 11.5. The average molecular weight is 435 g/mol. The van der Waals surface area contributed by atoms with Gasteiger partial charge in [-0.15, -0.1) is 0 Å². The number of aromatic nitrogens is 3. The molecule has 2 aromatic carbocycles. The third-order valence-corrected chi connectivity index (χ3v) is 6.56. The molecule has 2 heterocycles. The van der Waals surface area contributed by atoms with E-state index >= 15 is 0 Å². The van der Waals surface area contributed by atoms with E-state index in [2.05, 4.69) is 23.7 Å². The van der Waals surface area contributed by atoms with Crippen LogP contribution in [0, 0.1) is 0 Å². The molecule has 0 atom stereocenters. The lowest BCUT2D eigenvalue weighted by Crippen LogP contribution is -2.32. The van der Waals surface area contributed by atoms with Crippen LogP contribution < -0.4 is 5.56 Å². The SMILES string of the molecule is CCN(CC)CCn1c(SCC(=O)c2c[nH]c3ccccc23)nc2ccccc2c1=O. The highest BCUT2D eigenvalue weighted by Gasteiger charge is 2.16. The zero-order valence-corrected chi connectivity index (χ0v) is 18.6. The average Bonchev–Trinajstić information content (AvgIpc) is 3.24. The number of likely N-dealkylation sites (N-methyl/N-ethyl adjacent to an activating group) is 1. The molecule has 0 saturated heterocycles. The van der Waals surface area contributed by atoms with Crippen molar-refractivity contribution < 1.29 is 4.79 Å². The van der Waals surface area contributed by atoms with Gasteiger partial charge in [-0.2, -0.15) is 0 Å². The van der Waals surface area contributed by atoms with Crippen molar-refractivity contribution in [3.05, 3.63) is 70.6 Å². The minimum atomic E-state index is -0.0557. The molecule has 0 aliphatic heterocycles. The van der Waals surface area contributed by atoms with Crippen molar-refractivity contribution in [2.75, 3.05) is 25.4 Å². The van der Waals surface area contributed by atoms with E-state index in [-0.39, 0.29) is 17.1 Å². The Balaban J connectivity index is 1.63. The number of carbonyl (C=O) groups excluding carboxylic acids is 1. The van der Waals surface area contributed by atoms with Gasteiger partial charge in [-0.1, -0.05) is 55.9 Å². The third kappa shape index (κ3) is 4.43. The number of hydrogen-bond acceptors (Lipinski definition) is 5. The third-order valence-electron chi connectivity index (χ3n) is 5.58. The van der Waals surface area contributed by atoms with Crippen LogP contribution in [0.2, 0.25) is 0 Å². The van der Waals surface area contributed by atoms with E-state index < -0.39 is 0 Å². The van der Waals surface area contributed by atoms with Crippen LogP contribution in [0.4, 0.5) is 0 Å². The summed E-state index contributed by atoms with van der Waals surface area (Å²) < 4.78 is 1.72. The Labute approximate surface area is 185 Å². The number of thioether (sulfide) groups is 1. The zero-order valence-electron chi connectivity index (χ0n) is 17.8. The molecule has 0 amide bonds. The molecule has 0 radical (unpaired) electrons. The van der Waals surface area contributed by atoms with Crippen LogP contribution in [0.3, 0.4) is 0 Å². The molecule has 0 bridgehead atoms. The molecule has 7 heteroatoms. The molecule has 0 saturated carbocycles. The van der Waals surface area contributed by atoms with E-state index in [4.69, 9.17) is 4.98 Å². The van der Waals surface area contributed by atoms with Crippen LogP contribution in [0.15, 0.2) is 64.7 Å². The van der Waals surface area contributed by atoms with Gasteiger partial charge in [0, 0.05) is 35.8 Å². The number of benzene rings is 2. The molecule has 1 N–H and O–H groups in total. The highest BCUT2D eigenvalue weighted by molar-refractivity contribution is 7.99. The van der Waals surface area contributed by atoms with Crippen LogP contribution in [-0.2, 0) is 6.54 Å². The summed E-state index contributed by atoms with van der Waals surface area (Å²) >= 11 is 1.33. The van der Waals surface area contributed by atoms with Crippen molar-refractivity contribution in [2.24, 2.45) is 0 Å². The Morgan fingerprint density at radius 2 is 1.77 bits per heavy atom. The van der Waals surface area contributed by atoms with Gasteiger partial charge in [0.25, 0.3) is 5.56 Å². The highest BCUT2D eigenvalue weighted by Crippen LogP contribution is 2.23. The number of hydrogen-bond donors (Lipinski definition) is 1. The lowest BCUT2D eigenvalue weighted by atomic mass is 10.1. The molecule has 6 nitrogen and oxygen atoms in total. The molecule has 4 aromatic rings. The smallest absolute Gasteiger partial charge is 0.262 e. The van der Waals surface area contributed by atoms with Gasteiger partial charge in [0.2, 0.25) is 0 Å². The summed E-state index contributed by atoms with van der Waals surface area (Å²) in [5.74, 6) is 0.234. The number of ketones is 1. The summed E-state index contributed by atoms with van der Waals surface area (Å²) in [4.78, 5) is 36.3. The van der Waals surface area contributed by atoms with Gasteiger partial charge in [-0.3, -0.25) is 14.2 Å². The maximum absolute atomic E-state index is 13.2. The van der Waals surface area contributed by atoms with Gasteiger partial charge in [0.1, 0.15) is 0 Å². The van der Waals surface area contributed by atoms with Crippen molar-refractivity contribution >= 4 is 39.4 Å². The molecule has 31 heavy (non-hydrogen) atoms. The Bertz CT molecular complexity index is 1270. The van der Waals surface area contributed by atoms with Gasteiger partial charge < -0.3 is 9.88 Å². The normalized spacial score (nSPS) is 11.6. The molecular formula is C24H26N4O2S. The van der Waals surface area contributed by atoms with E-state index in [9.17, 15) is 9.59 Å². The maximum Gasteiger partial charge on any atom is 0.262 e. The molecule has 0 fully saturated rings. The van der Waals surface area contributed by atoms with Gasteiger partial charge in [0.05, 0.1) is 16.7 Å². The molecule has 0 aliphatic carbocycles. The van der Waals surface area contributed by atoms with Gasteiger partial charge in [-0.05, 0) is 31.3 Å². The zero-order chi connectivity index (χ0) is 21.8. The van der Waals surface area contributed by atoms with Crippen molar-refractivity contribution in [1.82, 2.24) is 19.4 Å². The number of aromatic amines is 1. The second-order valence-corrected chi connectivity index (χ2v) is 8.30. The molecule has 0 aliphatic rings. The summed E-state index contributed by atoms with van der Waals surface area (Å²) in [6.45, 7) is 7.38. The predicted molar refractivity (Wildman–Crippen MR) is 127 cm³/mol. The largest absolute Gasteiger partial charge is 0.360 e. The summed E-state index contributed by atoms with van der Waals surface area (Å²) in [5, 5.41) is 2.11. The summed E-state index contributed by atoms with van der Waals surface area (Å²) in [7, 11) is 0. The molecular weight excluding hydrogens is 408 g/mol. The quantitative estimate of drug-likeness (QED) is 0.243. The van der Waals surface area contributed by atoms with Crippen molar-refractivity contribution in [3.8, 4) is 0 Å². The lowest BCUT2D eigenvalue weighted by molar-refractivity contribution is 0.102. The fourth-order valence-electron chi connectivity index (χ4n) is 3.75. The molecule has 0 spiro atoms. The summed E-state index contributed by atoms with van der Waals surface area (Å²) in [6, 6.07) is 15.1. The number of fused-ring (bicyclic) bond motifs is 2. The van der Waals surface area contributed by atoms with Crippen LogP contribution in [-0.4, -0.2) is 50.6 Å². The molecule has 0 unspecified atom stereocenters. The van der Waals surface area contributed by atoms with E-state index in [1.807, 2.05) is 48.5 Å². The number of H-pyrrole nitrogens is 1. The monoisotopic (exact) mass is 434 g/mol. The van der Waals surface area contributed by atoms with Crippen molar-refractivity contribution in [3.63, 3.8) is 0 Å². The Morgan fingerprint density at radius 1 is 1.06 bits per heavy atom. The number of nitrogens with zero attached hydrogens (tertiary/aromatic N) is 3. The van der Waals surface area contributed by atoms with Crippen LogP contribution >= 0.6 is 11.8 Å². The van der Waals surface area contributed by atoms with Crippen LogP contribution in [0.5, 0.6) is 0 Å². The van der Waals surface area contributed by atoms with Gasteiger partial charge in [0.15, 0.2) is 10.9 Å². The Kier molecular flexibility index (Phi) is 6.53. The first kappa shape index (κ1) is 21.3. The first-order valence-electron chi connectivity index (χ1n) is 10.6. The van der Waals surface area contributed by atoms with Gasteiger partial charge in [-0.25, -0.2) is 4.98 Å². The van der Waals surface area contributed by atoms with E-state index in [1.54, 1.807) is 10.8 Å². The molecule has 4 rings (SSSR count). The van der Waals surface area contributed by atoms with E-state index in [1.165, 1.54) is 11.8 Å². The van der Waals surface area contributed by atoms with Crippen LogP contribution in [0.1, 0.15) is 24.2 Å². The standard InChI is InChI=1S/C24H26N4O2S/c1-3-27(4-2)13-14-28-23(30)18-10-6-8-12-21(18)26-24(28)31-16-22(29)19-15-25-20-11-7-5-9-17(19)20/h5-12,15,25H,3-4,13-14,16H2,1-2H3. The fourth-order valence-corrected chi connectivity index (χ4v) is 4.65. The highest BCUT2D eigenvalue weighted by atomic mass is 32.2. The number of Topliss-reactive ketones (excluding diaryl/α,β-unsaturated/α-hetero) is 1. The minimum absolute atomic E-state index is 0.0140. The van der Waals surface area contributed by atoms with Crippen molar-refractivity contribution in [1.29, 1.82) is 0 Å². The van der Waals surface area contributed by atoms with Crippen LogP contribution in [0.25, 0.3) is 21.8 Å². The fraction of sp³-hybridized carbons (Fsp3) is 0.292. The predicted octanol–water partition coefficient (Wildman–Crippen LogP) is 4.19. The second-order valence-electron chi connectivity index (χ2n) is 7.35. The van der Waals surface area contributed by atoms with E-state index in [0.717, 1.165) is 30.5 Å². The first-order chi connectivity index (χ1) is 15.1. The second kappa shape index (κ2) is 9.49. The van der Waals surface area contributed by atoms with Gasteiger partial charge >= 0.3 is 0 Å². The lowest BCUT2D eigenvalue weighted by Gasteiger charge is -2.20. The summed E-state index contributed by atoms with van der Waals surface area (Å²) in [5.41, 5.74) is 2.21. The number of rotatable bonds is 9. The maximum atomic E-state index is 13.2. The minimum Gasteiger partial charge on any atom is -0.360 e. The number of para-hydroxylation sites is 2.